The van der Waals surface area contributed by atoms with Gasteiger partial charge in [0.15, 0.2) is 0 Å². The molecule has 0 aliphatic heterocycles. The van der Waals surface area contributed by atoms with Crippen molar-refractivity contribution in [3.63, 3.8) is 0 Å². The fourth-order valence-corrected chi connectivity index (χ4v) is 1.81. The highest BCUT2D eigenvalue weighted by Crippen LogP contribution is 2.08. The lowest BCUT2D eigenvalue weighted by Gasteiger charge is -2.07. The van der Waals surface area contributed by atoms with Crippen molar-refractivity contribution in [1.82, 2.24) is 9.88 Å². The normalized spacial score (nSPS) is 10.1. The number of carbonyl (C=O) groups excluding carboxylic acids is 1. The van der Waals surface area contributed by atoms with Gasteiger partial charge in [-0.3, -0.25) is 9.59 Å². The van der Waals surface area contributed by atoms with E-state index in [9.17, 15) is 9.59 Å². The van der Waals surface area contributed by atoms with Crippen molar-refractivity contribution < 1.29 is 4.79 Å². The molecule has 0 spiro atoms. The maximum absolute atomic E-state index is 11.6. The lowest BCUT2D eigenvalue weighted by Crippen LogP contribution is -2.23. The van der Waals surface area contributed by atoms with Crippen molar-refractivity contribution in [3.8, 4) is 0 Å². The Morgan fingerprint density at radius 1 is 1.62 bits per heavy atom. The van der Waals surface area contributed by atoms with Crippen LogP contribution in [-0.2, 0) is 11.3 Å². The van der Waals surface area contributed by atoms with Gasteiger partial charge in [-0.1, -0.05) is 0 Å². The van der Waals surface area contributed by atoms with Gasteiger partial charge in [-0.25, -0.2) is 0 Å². The number of anilines is 1. The minimum atomic E-state index is -0.133. The number of aryl methyl sites for hydroxylation is 1. The molecule has 0 aliphatic carbocycles. The lowest BCUT2D eigenvalue weighted by atomic mass is 10.3. The third kappa shape index (κ3) is 3.37. The Labute approximate surface area is 102 Å². The molecule has 1 aromatic rings. The molecule has 0 radical (unpaired) electrons. The molecule has 5 nitrogen and oxygen atoms in total. The molecular weight excluding hydrogens is 274 g/mol. The van der Waals surface area contributed by atoms with Gasteiger partial charge in [0.2, 0.25) is 5.91 Å². The van der Waals surface area contributed by atoms with Crippen molar-refractivity contribution >= 4 is 27.5 Å². The average molecular weight is 288 g/mol. The van der Waals surface area contributed by atoms with Crippen molar-refractivity contribution in [2.75, 3.05) is 12.8 Å². The molecular formula is C10H14BrN3O2. The van der Waals surface area contributed by atoms with E-state index in [4.69, 9.17) is 5.73 Å². The number of rotatable bonds is 4. The minimum Gasteiger partial charge on any atom is -0.398 e. The van der Waals surface area contributed by atoms with Crippen LogP contribution in [0.3, 0.4) is 0 Å². The number of nitrogens with one attached hydrogen (secondary N) is 1. The van der Waals surface area contributed by atoms with Gasteiger partial charge in [0.05, 0.1) is 4.47 Å². The maximum Gasteiger partial charge on any atom is 0.264 e. The first-order valence-corrected chi connectivity index (χ1v) is 5.70. The summed E-state index contributed by atoms with van der Waals surface area (Å²) in [6.07, 6.45) is 2.59. The van der Waals surface area contributed by atoms with Gasteiger partial charge in [-0.15, -0.1) is 0 Å². The van der Waals surface area contributed by atoms with E-state index in [1.54, 1.807) is 19.3 Å². The summed E-state index contributed by atoms with van der Waals surface area (Å²) in [5, 5.41) is 2.53. The Balaban J connectivity index is 2.67. The van der Waals surface area contributed by atoms with Crippen molar-refractivity contribution in [2.45, 2.75) is 19.4 Å². The number of hydrogen-bond donors (Lipinski definition) is 2. The molecule has 0 bridgehead atoms. The smallest absolute Gasteiger partial charge is 0.264 e. The first-order chi connectivity index (χ1) is 7.54. The largest absolute Gasteiger partial charge is 0.398 e. The first kappa shape index (κ1) is 12.8. The van der Waals surface area contributed by atoms with Gasteiger partial charge in [0, 0.05) is 31.9 Å². The van der Waals surface area contributed by atoms with Gasteiger partial charge < -0.3 is 15.6 Å². The second kappa shape index (κ2) is 5.69. The van der Waals surface area contributed by atoms with Crippen LogP contribution in [0.5, 0.6) is 0 Å². The van der Waals surface area contributed by atoms with Crippen LogP contribution in [0.15, 0.2) is 21.5 Å². The summed E-state index contributed by atoms with van der Waals surface area (Å²) in [6.45, 7) is 0.482. The number of aromatic nitrogens is 1. The summed E-state index contributed by atoms with van der Waals surface area (Å²) in [4.78, 5) is 22.6. The Bertz CT molecular complexity index is 442. The molecule has 1 heterocycles. The molecule has 0 aromatic carbocycles. The molecule has 3 N–H and O–H groups in total. The van der Waals surface area contributed by atoms with Crippen LogP contribution in [-0.4, -0.2) is 17.5 Å². The monoisotopic (exact) mass is 287 g/mol. The van der Waals surface area contributed by atoms with E-state index in [0.29, 0.717) is 29.5 Å². The molecule has 0 unspecified atom stereocenters. The molecule has 0 saturated heterocycles. The molecule has 0 atom stereocenters. The molecule has 88 valence electrons. The highest BCUT2D eigenvalue weighted by molar-refractivity contribution is 9.10. The van der Waals surface area contributed by atoms with E-state index in [1.807, 2.05) is 0 Å². The number of carbonyl (C=O) groups is 1. The summed E-state index contributed by atoms with van der Waals surface area (Å²) in [5.74, 6) is -0.0315. The minimum absolute atomic E-state index is 0.0315. The van der Waals surface area contributed by atoms with Crippen LogP contribution in [0.25, 0.3) is 0 Å². The average Bonchev–Trinajstić information content (AvgIpc) is 2.24. The molecule has 1 aromatic heterocycles. The molecule has 16 heavy (non-hydrogen) atoms. The predicted molar refractivity (Wildman–Crippen MR) is 66.1 cm³/mol. The van der Waals surface area contributed by atoms with E-state index in [1.165, 1.54) is 4.57 Å². The van der Waals surface area contributed by atoms with Gasteiger partial charge in [-0.05, 0) is 28.4 Å². The van der Waals surface area contributed by atoms with Gasteiger partial charge in [0.1, 0.15) is 0 Å². The number of halogens is 1. The molecule has 6 heteroatoms. The Kier molecular flexibility index (Phi) is 4.54. The van der Waals surface area contributed by atoms with Crippen molar-refractivity contribution in [3.05, 3.63) is 27.1 Å². The van der Waals surface area contributed by atoms with E-state index >= 15 is 0 Å². The standard InChI is InChI=1S/C10H14BrN3O2/c1-13-9(15)3-2-4-14-6-7(12)5-8(11)10(14)16/h5-6H,2-4,12H2,1H3,(H,13,15). The quantitative estimate of drug-likeness (QED) is 0.857. The number of pyridine rings is 1. The molecule has 0 saturated carbocycles. The van der Waals surface area contributed by atoms with E-state index in [0.717, 1.165) is 0 Å². The second-order valence-electron chi connectivity index (χ2n) is 3.40. The van der Waals surface area contributed by atoms with Gasteiger partial charge in [-0.2, -0.15) is 0 Å². The Hall–Kier alpha value is -1.30. The number of nitrogens with two attached hydrogens (primary N) is 1. The number of amides is 1. The summed E-state index contributed by atoms with van der Waals surface area (Å²) in [6, 6.07) is 1.57. The van der Waals surface area contributed by atoms with Gasteiger partial charge in [0.25, 0.3) is 5.56 Å². The SMILES string of the molecule is CNC(=O)CCCn1cc(N)cc(Br)c1=O. The fraction of sp³-hybridized carbons (Fsp3) is 0.400. The van der Waals surface area contributed by atoms with Crippen LogP contribution in [0.2, 0.25) is 0 Å². The third-order valence-electron chi connectivity index (χ3n) is 2.15. The molecule has 1 amide bonds. The van der Waals surface area contributed by atoms with Crippen LogP contribution in [0, 0.1) is 0 Å². The predicted octanol–water partition coefficient (Wildman–Crippen LogP) is 0.719. The fourth-order valence-electron chi connectivity index (χ4n) is 1.32. The summed E-state index contributed by atoms with van der Waals surface area (Å²) in [5.41, 5.74) is 6.00. The number of hydrogen-bond acceptors (Lipinski definition) is 3. The van der Waals surface area contributed by atoms with E-state index in [2.05, 4.69) is 21.2 Å². The zero-order chi connectivity index (χ0) is 12.1. The van der Waals surface area contributed by atoms with Crippen LogP contribution in [0.4, 0.5) is 5.69 Å². The van der Waals surface area contributed by atoms with Crippen LogP contribution in [0.1, 0.15) is 12.8 Å². The van der Waals surface area contributed by atoms with Crippen LogP contribution >= 0.6 is 15.9 Å². The zero-order valence-electron chi connectivity index (χ0n) is 9.00. The van der Waals surface area contributed by atoms with E-state index in [-0.39, 0.29) is 11.5 Å². The molecule has 0 fully saturated rings. The van der Waals surface area contributed by atoms with E-state index < -0.39 is 0 Å². The second-order valence-corrected chi connectivity index (χ2v) is 4.25. The Morgan fingerprint density at radius 2 is 2.31 bits per heavy atom. The van der Waals surface area contributed by atoms with Crippen molar-refractivity contribution in [1.29, 1.82) is 0 Å². The Morgan fingerprint density at radius 3 is 2.94 bits per heavy atom. The van der Waals surface area contributed by atoms with Crippen LogP contribution < -0.4 is 16.6 Å². The van der Waals surface area contributed by atoms with Gasteiger partial charge >= 0.3 is 0 Å². The summed E-state index contributed by atoms with van der Waals surface area (Å²) < 4.78 is 1.94. The first-order valence-electron chi connectivity index (χ1n) is 4.90. The topological polar surface area (TPSA) is 77.1 Å². The molecule has 1 rings (SSSR count). The summed E-state index contributed by atoms with van der Waals surface area (Å²) >= 11 is 3.14. The highest BCUT2D eigenvalue weighted by Gasteiger charge is 2.03. The highest BCUT2D eigenvalue weighted by atomic mass is 79.9. The maximum atomic E-state index is 11.6. The zero-order valence-corrected chi connectivity index (χ0v) is 10.6. The van der Waals surface area contributed by atoms with Crippen molar-refractivity contribution in [2.24, 2.45) is 0 Å². The lowest BCUT2D eigenvalue weighted by molar-refractivity contribution is -0.120. The number of nitrogen functional groups attached to an aromatic ring is 1. The third-order valence-corrected chi connectivity index (χ3v) is 2.71. The summed E-state index contributed by atoms with van der Waals surface area (Å²) in [7, 11) is 1.59. The molecule has 0 aliphatic rings. The number of nitrogens with zero attached hydrogens (tertiary/aromatic N) is 1.